The number of benzene rings is 1. The molecule has 1 aromatic carbocycles. The van der Waals surface area contributed by atoms with Gasteiger partial charge in [-0.2, -0.15) is 0 Å². The second-order valence-corrected chi connectivity index (χ2v) is 6.47. The number of imidazole rings is 1. The van der Waals surface area contributed by atoms with Crippen molar-refractivity contribution in [1.82, 2.24) is 14.9 Å². The van der Waals surface area contributed by atoms with Gasteiger partial charge in [-0.1, -0.05) is 45.0 Å². The molecule has 0 aliphatic heterocycles. The van der Waals surface area contributed by atoms with Gasteiger partial charge in [-0.15, -0.1) is 0 Å². The quantitative estimate of drug-likeness (QED) is 0.921. The number of nitrogens with one attached hydrogen (secondary N) is 1. The minimum absolute atomic E-state index is 0.212. The summed E-state index contributed by atoms with van der Waals surface area (Å²) < 4.78 is 2.04. The summed E-state index contributed by atoms with van der Waals surface area (Å²) >= 11 is 0. The van der Waals surface area contributed by atoms with Gasteiger partial charge in [0, 0.05) is 25.8 Å². The zero-order valence-electron chi connectivity index (χ0n) is 13.1. The maximum absolute atomic E-state index is 4.13. The van der Waals surface area contributed by atoms with Gasteiger partial charge in [0.2, 0.25) is 0 Å². The third-order valence-corrected chi connectivity index (χ3v) is 3.78. The van der Waals surface area contributed by atoms with Crippen LogP contribution in [0, 0.1) is 0 Å². The maximum atomic E-state index is 4.13. The largest absolute Gasteiger partial charge is 0.337 e. The molecule has 0 saturated heterocycles. The second kappa shape index (κ2) is 5.80. The van der Waals surface area contributed by atoms with Gasteiger partial charge in [-0.25, -0.2) is 4.98 Å². The number of hydrogen-bond acceptors (Lipinski definition) is 2. The summed E-state index contributed by atoms with van der Waals surface area (Å²) in [6.45, 7) is 9.76. The summed E-state index contributed by atoms with van der Waals surface area (Å²) in [6.07, 6.45) is 3.74. The summed E-state index contributed by atoms with van der Waals surface area (Å²) in [6, 6.07) is 9.25. The van der Waals surface area contributed by atoms with E-state index in [-0.39, 0.29) is 5.41 Å². The van der Waals surface area contributed by atoms with E-state index in [9.17, 15) is 0 Å². The van der Waals surface area contributed by atoms with Gasteiger partial charge in [0.05, 0.1) is 12.0 Å². The summed E-state index contributed by atoms with van der Waals surface area (Å²) in [5.41, 5.74) is 4.10. The van der Waals surface area contributed by atoms with Gasteiger partial charge in [0.25, 0.3) is 0 Å². The molecule has 1 aromatic heterocycles. The topological polar surface area (TPSA) is 29.9 Å². The molecule has 0 radical (unpaired) electrons. The normalized spacial score (nSPS) is 13.4. The van der Waals surface area contributed by atoms with E-state index in [4.69, 9.17) is 0 Å². The Kier molecular flexibility index (Phi) is 4.29. The highest BCUT2D eigenvalue weighted by Gasteiger charge is 2.14. The van der Waals surface area contributed by atoms with Crippen LogP contribution >= 0.6 is 0 Å². The maximum Gasteiger partial charge on any atom is 0.0945 e. The average molecular weight is 271 g/mol. The molecule has 3 nitrogen and oxygen atoms in total. The zero-order chi connectivity index (χ0) is 14.8. The molecule has 0 bridgehead atoms. The molecular weight excluding hydrogens is 246 g/mol. The molecule has 20 heavy (non-hydrogen) atoms. The van der Waals surface area contributed by atoms with Crippen LogP contribution in [0.4, 0.5) is 0 Å². The standard InChI is InChI=1S/C17H25N3/c1-13(19-11-16-10-18-12-20(16)5)14-6-8-15(9-7-14)17(2,3)4/h6-10,12-13,19H,11H2,1-5H3. The van der Waals surface area contributed by atoms with Crippen LogP contribution in [0.1, 0.15) is 50.6 Å². The number of nitrogens with zero attached hydrogens (tertiary/aromatic N) is 2. The van der Waals surface area contributed by atoms with Crippen LogP contribution in [-0.2, 0) is 19.0 Å². The Hall–Kier alpha value is -1.61. The fourth-order valence-electron chi connectivity index (χ4n) is 2.20. The number of aryl methyl sites for hydroxylation is 1. The molecule has 1 atom stereocenters. The molecule has 1 unspecified atom stereocenters. The molecule has 0 fully saturated rings. The molecule has 0 aliphatic carbocycles. The lowest BCUT2D eigenvalue weighted by atomic mass is 9.86. The van der Waals surface area contributed by atoms with Crippen molar-refractivity contribution in [2.45, 2.75) is 45.7 Å². The fraction of sp³-hybridized carbons (Fsp3) is 0.471. The van der Waals surface area contributed by atoms with Gasteiger partial charge in [-0.3, -0.25) is 0 Å². The van der Waals surface area contributed by atoms with E-state index >= 15 is 0 Å². The molecule has 0 spiro atoms. The first-order valence-corrected chi connectivity index (χ1v) is 7.17. The van der Waals surface area contributed by atoms with Crippen molar-refractivity contribution in [2.24, 2.45) is 7.05 Å². The molecular formula is C17H25N3. The Morgan fingerprint density at radius 2 is 1.85 bits per heavy atom. The Morgan fingerprint density at radius 1 is 1.20 bits per heavy atom. The Bertz CT molecular complexity index is 546. The molecule has 1 heterocycles. The molecule has 1 N–H and O–H groups in total. The van der Waals surface area contributed by atoms with Crippen molar-refractivity contribution in [1.29, 1.82) is 0 Å². The minimum atomic E-state index is 0.212. The van der Waals surface area contributed by atoms with Gasteiger partial charge >= 0.3 is 0 Å². The van der Waals surface area contributed by atoms with Crippen LogP contribution in [0.2, 0.25) is 0 Å². The van der Waals surface area contributed by atoms with Crippen LogP contribution < -0.4 is 5.32 Å². The number of rotatable bonds is 4. The summed E-state index contributed by atoms with van der Waals surface area (Å²) in [4.78, 5) is 4.13. The van der Waals surface area contributed by atoms with E-state index in [2.05, 4.69) is 62.3 Å². The highest BCUT2D eigenvalue weighted by Crippen LogP contribution is 2.23. The van der Waals surface area contributed by atoms with E-state index in [1.54, 1.807) is 0 Å². The van der Waals surface area contributed by atoms with Crippen molar-refractivity contribution in [3.63, 3.8) is 0 Å². The van der Waals surface area contributed by atoms with E-state index in [0.717, 1.165) is 6.54 Å². The van der Waals surface area contributed by atoms with Crippen LogP contribution in [0.15, 0.2) is 36.8 Å². The molecule has 0 aliphatic rings. The summed E-state index contributed by atoms with van der Waals surface area (Å²) in [5.74, 6) is 0. The average Bonchev–Trinajstić information content (AvgIpc) is 2.81. The molecule has 2 aromatic rings. The van der Waals surface area contributed by atoms with E-state index < -0.39 is 0 Å². The van der Waals surface area contributed by atoms with Crippen LogP contribution in [0.3, 0.4) is 0 Å². The molecule has 3 heteroatoms. The van der Waals surface area contributed by atoms with Crippen LogP contribution in [0.5, 0.6) is 0 Å². The minimum Gasteiger partial charge on any atom is -0.337 e. The van der Waals surface area contributed by atoms with E-state index in [1.807, 2.05) is 24.1 Å². The Morgan fingerprint density at radius 3 is 2.35 bits per heavy atom. The highest BCUT2D eigenvalue weighted by molar-refractivity contribution is 5.29. The lowest BCUT2D eigenvalue weighted by Gasteiger charge is -2.20. The highest BCUT2D eigenvalue weighted by atomic mass is 15.0. The van der Waals surface area contributed by atoms with Crippen molar-refractivity contribution >= 4 is 0 Å². The Balaban J connectivity index is 1.99. The first kappa shape index (κ1) is 14.8. The number of hydrogen-bond donors (Lipinski definition) is 1. The summed E-state index contributed by atoms with van der Waals surface area (Å²) in [5, 5.41) is 3.54. The fourth-order valence-corrected chi connectivity index (χ4v) is 2.20. The van der Waals surface area contributed by atoms with Gasteiger partial charge in [-0.05, 0) is 23.5 Å². The monoisotopic (exact) mass is 271 g/mol. The third kappa shape index (κ3) is 3.48. The number of aromatic nitrogens is 2. The zero-order valence-corrected chi connectivity index (χ0v) is 13.1. The first-order valence-electron chi connectivity index (χ1n) is 7.17. The molecule has 0 amide bonds. The predicted molar refractivity (Wildman–Crippen MR) is 83.6 cm³/mol. The lowest BCUT2D eigenvalue weighted by molar-refractivity contribution is 0.555. The van der Waals surface area contributed by atoms with Gasteiger partial charge in [0.1, 0.15) is 0 Å². The van der Waals surface area contributed by atoms with Crippen LogP contribution in [0.25, 0.3) is 0 Å². The Labute approximate surface area is 122 Å². The second-order valence-electron chi connectivity index (χ2n) is 6.47. The SMILES string of the molecule is CC(NCc1cncn1C)c1ccc(C(C)(C)C)cc1. The predicted octanol–water partition coefficient (Wildman–Crippen LogP) is 3.57. The lowest BCUT2D eigenvalue weighted by Crippen LogP contribution is -2.19. The van der Waals surface area contributed by atoms with Crippen molar-refractivity contribution in [3.05, 3.63) is 53.6 Å². The van der Waals surface area contributed by atoms with Crippen molar-refractivity contribution < 1.29 is 0 Å². The molecule has 108 valence electrons. The first-order chi connectivity index (χ1) is 9.38. The van der Waals surface area contributed by atoms with Gasteiger partial charge < -0.3 is 9.88 Å². The van der Waals surface area contributed by atoms with Crippen molar-refractivity contribution in [2.75, 3.05) is 0 Å². The smallest absolute Gasteiger partial charge is 0.0945 e. The molecule has 0 saturated carbocycles. The third-order valence-electron chi connectivity index (χ3n) is 3.78. The van der Waals surface area contributed by atoms with E-state index in [0.29, 0.717) is 6.04 Å². The molecule has 2 rings (SSSR count). The van der Waals surface area contributed by atoms with Crippen LogP contribution in [-0.4, -0.2) is 9.55 Å². The summed E-state index contributed by atoms with van der Waals surface area (Å²) in [7, 11) is 2.02. The van der Waals surface area contributed by atoms with E-state index in [1.165, 1.54) is 16.8 Å². The van der Waals surface area contributed by atoms with Gasteiger partial charge in [0.15, 0.2) is 0 Å². The van der Waals surface area contributed by atoms with Crippen molar-refractivity contribution in [3.8, 4) is 0 Å².